The highest BCUT2D eigenvalue weighted by Gasteiger charge is 2.13. The van der Waals surface area contributed by atoms with Gasteiger partial charge < -0.3 is 5.11 Å². The third-order valence-corrected chi connectivity index (χ3v) is 2.90. The predicted molar refractivity (Wildman–Crippen MR) is 82.9 cm³/mol. The van der Waals surface area contributed by atoms with Gasteiger partial charge >= 0.3 is 5.69 Å². The molecule has 10 nitrogen and oxygen atoms in total. The fourth-order valence-corrected chi connectivity index (χ4v) is 1.76. The van der Waals surface area contributed by atoms with E-state index >= 15 is 0 Å². The lowest BCUT2D eigenvalue weighted by atomic mass is 10.2. The molecule has 0 saturated heterocycles. The van der Waals surface area contributed by atoms with Crippen LogP contribution in [0.4, 0.5) is 11.4 Å². The Morgan fingerprint density at radius 1 is 1.12 bits per heavy atom. The Labute approximate surface area is 134 Å². The molecular formula is C14H10N4O6. The summed E-state index contributed by atoms with van der Waals surface area (Å²) >= 11 is 0. The number of carbonyl (C=O) groups is 1. The lowest BCUT2D eigenvalue weighted by molar-refractivity contribution is -0.385. The summed E-state index contributed by atoms with van der Waals surface area (Å²) in [6.07, 6.45) is 1.14. The highest BCUT2D eigenvalue weighted by molar-refractivity contribution is 5.95. The molecule has 2 rings (SSSR count). The van der Waals surface area contributed by atoms with Crippen molar-refractivity contribution in [1.29, 1.82) is 0 Å². The molecule has 2 N–H and O–H groups in total. The van der Waals surface area contributed by atoms with E-state index in [1.54, 1.807) is 0 Å². The number of phenols is 1. The molecule has 0 unspecified atom stereocenters. The SMILES string of the molecule is O=C(N/N=C/c1ccc(O)c([N+](=O)[O-])c1)c1cccc([N+](=O)[O-])c1. The first-order valence-electron chi connectivity index (χ1n) is 6.44. The van der Waals surface area contributed by atoms with Gasteiger partial charge in [-0.1, -0.05) is 6.07 Å². The van der Waals surface area contributed by atoms with Crippen molar-refractivity contribution in [2.24, 2.45) is 5.10 Å². The first-order chi connectivity index (χ1) is 11.4. The minimum Gasteiger partial charge on any atom is -0.502 e. The molecule has 2 aromatic carbocycles. The van der Waals surface area contributed by atoms with Gasteiger partial charge in [-0.3, -0.25) is 25.0 Å². The van der Waals surface area contributed by atoms with Crippen molar-refractivity contribution < 1.29 is 19.7 Å². The molecule has 0 aliphatic heterocycles. The number of amides is 1. The third-order valence-electron chi connectivity index (χ3n) is 2.90. The fourth-order valence-electron chi connectivity index (χ4n) is 1.76. The summed E-state index contributed by atoms with van der Waals surface area (Å²) < 4.78 is 0. The van der Waals surface area contributed by atoms with Crippen LogP contribution in [0.25, 0.3) is 0 Å². The lowest BCUT2D eigenvalue weighted by Gasteiger charge is -2.00. The van der Waals surface area contributed by atoms with Crippen molar-refractivity contribution in [2.45, 2.75) is 0 Å². The van der Waals surface area contributed by atoms with Crippen LogP contribution in [0.2, 0.25) is 0 Å². The number of hydrazone groups is 1. The van der Waals surface area contributed by atoms with Crippen LogP contribution in [0.3, 0.4) is 0 Å². The molecular weight excluding hydrogens is 320 g/mol. The highest BCUT2D eigenvalue weighted by atomic mass is 16.6. The molecule has 2 aromatic rings. The molecule has 24 heavy (non-hydrogen) atoms. The van der Waals surface area contributed by atoms with Crippen molar-refractivity contribution in [3.05, 3.63) is 73.8 Å². The Balaban J connectivity index is 2.10. The van der Waals surface area contributed by atoms with E-state index < -0.39 is 27.2 Å². The second kappa shape index (κ2) is 6.96. The van der Waals surface area contributed by atoms with E-state index in [-0.39, 0.29) is 16.8 Å². The Morgan fingerprint density at radius 3 is 2.54 bits per heavy atom. The van der Waals surface area contributed by atoms with E-state index in [4.69, 9.17) is 0 Å². The number of hydrogen-bond acceptors (Lipinski definition) is 7. The summed E-state index contributed by atoms with van der Waals surface area (Å²) in [6, 6.07) is 8.65. The molecule has 0 atom stereocenters. The Bertz CT molecular complexity index is 849. The molecule has 0 aliphatic rings. The van der Waals surface area contributed by atoms with Crippen LogP contribution in [0, 0.1) is 20.2 Å². The van der Waals surface area contributed by atoms with Gasteiger partial charge in [-0.25, -0.2) is 5.43 Å². The summed E-state index contributed by atoms with van der Waals surface area (Å²) in [7, 11) is 0. The quantitative estimate of drug-likeness (QED) is 0.486. The third kappa shape index (κ3) is 3.88. The smallest absolute Gasteiger partial charge is 0.311 e. The van der Waals surface area contributed by atoms with E-state index in [0.717, 1.165) is 24.4 Å². The van der Waals surface area contributed by atoms with E-state index in [1.165, 1.54) is 24.3 Å². The molecule has 0 bridgehead atoms. The second-order valence-electron chi connectivity index (χ2n) is 4.51. The van der Waals surface area contributed by atoms with Crippen LogP contribution >= 0.6 is 0 Å². The normalized spacial score (nSPS) is 10.5. The van der Waals surface area contributed by atoms with Crippen molar-refractivity contribution in [3.63, 3.8) is 0 Å². The van der Waals surface area contributed by atoms with Crippen LogP contribution < -0.4 is 5.43 Å². The molecule has 0 saturated carbocycles. The van der Waals surface area contributed by atoms with Crippen LogP contribution in [-0.2, 0) is 0 Å². The zero-order valence-corrected chi connectivity index (χ0v) is 11.9. The molecule has 0 aromatic heterocycles. The van der Waals surface area contributed by atoms with Crippen LogP contribution in [-0.4, -0.2) is 27.1 Å². The molecule has 0 spiro atoms. The standard InChI is InChI=1S/C14H10N4O6/c19-13-5-4-9(6-12(13)18(23)24)8-15-16-14(20)10-2-1-3-11(7-10)17(21)22/h1-8,19H,(H,16,20)/b15-8+. The fraction of sp³-hybridized carbons (Fsp3) is 0. The number of benzene rings is 2. The first-order valence-corrected chi connectivity index (χ1v) is 6.44. The summed E-state index contributed by atoms with van der Waals surface area (Å²) in [5.41, 5.74) is 1.74. The summed E-state index contributed by atoms with van der Waals surface area (Å²) in [4.78, 5) is 31.8. The van der Waals surface area contributed by atoms with E-state index in [1.807, 2.05) is 0 Å². The average Bonchev–Trinajstić information content (AvgIpc) is 2.56. The number of nitro groups is 2. The lowest BCUT2D eigenvalue weighted by Crippen LogP contribution is -2.17. The average molecular weight is 330 g/mol. The van der Waals surface area contributed by atoms with Crippen molar-refractivity contribution in [3.8, 4) is 5.75 Å². The van der Waals surface area contributed by atoms with Gasteiger partial charge in [0.2, 0.25) is 0 Å². The number of nitro benzene ring substituents is 2. The summed E-state index contributed by atoms with van der Waals surface area (Å²) in [5, 5.41) is 34.3. The molecule has 0 radical (unpaired) electrons. The molecule has 0 heterocycles. The van der Waals surface area contributed by atoms with Crippen LogP contribution in [0.15, 0.2) is 47.6 Å². The number of nitrogens with zero attached hydrogens (tertiary/aromatic N) is 3. The number of non-ortho nitro benzene ring substituents is 1. The zero-order chi connectivity index (χ0) is 17.7. The first kappa shape index (κ1) is 16.5. The van der Waals surface area contributed by atoms with Gasteiger partial charge in [-0.05, 0) is 18.2 Å². The number of aromatic hydroxyl groups is 1. The monoisotopic (exact) mass is 330 g/mol. The van der Waals surface area contributed by atoms with Gasteiger partial charge in [0.1, 0.15) is 0 Å². The number of nitrogens with one attached hydrogen (secondary N) is 1. The largest absolute Gasteiger partial charge is 0.502 e. The van der Waals surface area contributed by atoms with Crippen molar-refractivity contribution >= 4 is 23.5 Å². The molecule has 0 aliphatic carbocycles. The van der Waals surface area contributed by atoms with E-state index in [2.05, 4.69) is 10.5 Å². The molecule has 10 heteroatoms. The molecule has 1 amide bonds. The Hall–Kier alpha value is -3.82. The van der Waals surface area contributed by atoms with Gasteiger partial charge in [0, 0.05) is 29.3 Å². The summed E-state index contributed by atoms with van der Waals surface area (Å²) in [5.74, 6) is -1.17. The number of rotatable bonds is 5. The van der Waals surface area contributed by atoms with Crippen LogP contribution in [0.1, 0.15) is 15.9 Å². The maximum Gasteiger partial charge on any atom is 0.311 e. The van der Waals surface area contributed by atoms with Gasteiger partial charge in [-0.2, -0.15) is 5.10 Å². The second-order valence-corrected chi connectivity index (χ2v) is 4.51. The highest BCUT2D eigenvalue weighted by Crippen LogP contribution is 2.25. The summed E-state index contributed by atoms with van der Waals surface area (Å²) in [6.45, 7) is 0. The predicted octanol–water partition coefficient (Wildman–Crippen LogP) is 1.97. The van der Waals surface area contributed by atoms with Gasteiger partial charge in [-0.15, -0.1) is 0 Å². The molecule has 122 valence electrons. The zero-order valence-electron chi connectivity index (χ0n) is 11.9. The number of phenolic OH excluding ortho intramolecular Hbond substituents is 1. The van der Waals surface area contributed by atoms with E-state index in [9.17, 15) is 30.1 Å². The minimum absolute atomic E-state index is 0.0398. The van der Waals surface area contributed by atoms with E-state index in [0.29, 0.717) is 0 Å². The van der Waals surface area contributed by atoms with Gasteiger partial charge in [0.25, 0.3) is 11.6 Å². The topological polar surface area (TPSA) is 148 Å². The van der Waals surface area contributed by atoms with Crippen LogP contribution in [0.5, 0.6) is 5.75 Å². The molecule has 0 fully saturated rings. The maximum absolute atomic E-state index is 11.8. The van der Waals surface area contributed by atoms with Crippen molar-refractivity contribution in [2.75, 3.05) is 0 Å². The maximum atomic E-state index is 11.8. The minimum atomic E-state index is -0.756. The number of hydrogen-bond donors (Lipinski definition) is 2. The van der Waals surface area contributed by atoms with Gasteiger partial charge in [0.15, 0.2) is 5.75 Å². The number of carbonyl (C=O) groups excluding carboxylic acids is 1. The van der Waals surface area contributed by atoms with Crippen molar-refractivity contribution in [1.82, 2.24) is 5.43 Å². The Morgan fingerprint density at radius 2 is 1.88 bits per heavy atom. The Kier molecular flexibility index (Phi) is 4.80. The van der Waals surface area contributed by atoms with Gasteiger partial charge in [0.05, 0.1) is 16.1 Å².